The minimum atomic E-state index is -0.914. The first-order valence-corrected chi connectivity index (χ1v) is 8.45. The third kappa shape index (κ3) is 3.44. The van der Waals surface area contributed by atoms with Crippen LogP contribution in [0.2, 0.25) is 0 Å². The predicted octanol–water partition coefficient (Wildman–Crippen LogP) is 3.37. The third-order valence-corrected chi connectivity index (χ3v) is 4.66. The Morgan fingerprint density at radius 2 is 2.04 bits per heavy atom. The summed E-state index contributed by atoms with van der Waals surface area (Å²) in [6, 6.07) is 16.2. The molecule has 0 radical (unpaired) electrons. The topological polar surface area (TPSA) is 70.6 Å². The molecular formula is C20H25N3O. The molecule has 0 saturated heterocycles. The summed E-state index contributed by atoms with van der Waals surface area (Å²) in [7, 11) is 0. The van der Waals surface area contributed by atoms with E-state index in [-0.39, 0.29) is 6.54 Å². The standard InChI is InChI=1S/C20H25N3O/c1-14(2)16-7-5-8-17(12-16)23-19(21)22-13-20(24)11-10-15-6-3-4-9-18(15)20/h3-9,12,14,24H,10-11,13H2,1-2H3,(H3,21,22,23). The van der Waals surface area contributed by atoms with Crippen LogP contribution in [0.3, 0.4) is 0 Å². The molecule has 3 rings (SSSR count). The number of guanidine groups is 1. The molecule has 2 aromatic rings. The molecule has 0 aromatic heterocycles. The molecule has 2 aromatic carbocycles. The van der Waals surface area contributed by atoms with Crippen LogP contribution < -0.4 is 11.1 Å². The fourth-order valence-electron chi connectivity index (χ4n) is 3.21. The SMILES string of the molecule is CC(C)c1cccc(NC(N)=NCC2(O)CCc3ccccc32)c1. The van der Waals surface area contributed by atoms with Crippen molar-refractivity contribution in [3.8, 4) is 0 Å². The highest BCUT2D eigenvalue weighted by atomic mass is 16.3. The van der Waals surface area contributed by atoms with Crippen molar-refractivity contribution < 1.29 is 5.11 Å². The molecule has 4 N–H and O–H groups in total. The van der Waals surface area contributed by atoms with Crippen LogP contribution in [0.4, 0.5) is 5.69 Å². The Balaban J connectivity index is 1.70. The Morgan fingerprint density at radius 3 is 2.83 bits per heavy atom. The van der Waals surface area contributed by atoms with Crippen molar-refractivity contribution in [1.82, 2.24) is 0 Å². The van der Waals surface area contributed by atoms with E-state index in [0.29, 0.717) is 18.3 Å². The zero-order chi connectivity index (χ0) is 17.2. The van der Waals surface area contributed by atoms with Crippen LogP contribution in [-0.2, 0) is 12.0 Å². The minimum Gasteiger partial charge on any atom is -0.383 e. The first-order chi connectivity index (χ1) is 11.5. The molecule has 4 heteroatoms. The minimum absolute atomic E-state index is 0.271. The second kappa shape index (κ2) is 6.65. The number of nitrogens with zero attached hydrogens (tertiary/aromatic N) is 1. The van der Waals surface area contributed by atoms with Gasteiger partial charge in [-0.25, -0.2) is 4.99 Å². The van der Waals surface area contributed by atoms with E-state index in [1.165, 1.54) is 11.1 Å². The van der Waals surface area contributed by atoms with Crippen molar-refractivity contribution in [2.45, 2.75) is 38.2 Å². The lowest BCUT2D eigenvalue weighted by atomic mass is 9.96. The first kappa shape index (κ1) is 16.5. The fraction of sp³-hybridized carbons (Fsp3) is 0.350. The van der Waals surface area contributed by atoms with Gasteiger partial charge in [0.15, 0.2) is 5.96 Å². The van der Waals surface area contributed by atoms with Crippen molar-refractivity contribution in [2.75, 3.05) is 11.9 Å². The Morgan fingerprint density at radius 1 is 1.25 bits per heavy atom. The summed E-state index contributed by atoms with van der Waals surface area (Å²) in [6.45, 7) is 4.58. The third-order valence-electron chi connectivity index (χ3n) is 4.66. The molecule has 0 bridgehead atoms. The largest absolute Gasteiger partial charge is 0.383 e. The number of aliphatic hydroxyl groups is 1. The Bertz CT molecular complexity index is 754. The highest BCUT2D eigenvalue weighted by Gasteiger charge is 2.36. The molecule has 1 aliphatic rings. The molecule has 24 heavy (non-hydrogen) atoms. The average Bonchev–Trinajstić information content (AvgIpc) is 2.91. The van der Waals surface area contributed by atoms with Crippen molar-refractivity contribution in [3.63, 3.8) is 0 Å². The molecule has 0 aliphatic heterocycles. The normalized spacial score (nSPS) is 20.2. The summed E-state index contributed by atoms with van der Waals surface area (Å²) >= 11 is 0. The lowest BCUT2D eigenvalue weighted by Gasteiger charge is -2.22. The van der Waals surface area contributed by atoms with Gasteiger partial charge < -0.3 is 16.2 Å². The van der Waals surface area contributed by atoms with E-state index < -0.39 is 5.60 Å². The number of fused-ring (bicyclic) bond motifs is 1. The molecule has 126 valence electrons. The number of hydrogen-bond acceptors (Lipinski definition) is 2. The Labute approximate surface area is 143 Å². The zero-order valence-electron chi connectivity index (χ0n) is 14.3. The van der Waals surface area contributed by atoms with Crippen LogP contribution in [-0.4, -0.2) is 17.6 Å². The molecule has 4 nitrogen and oxygen atoms in total. The molecule has 0 amide bonds. The molecular weight excluding hydrogens is 298 g/mol. The van der Waals surface area contributed by atoms with Gasteiger partial charge in [0.2, 0.25) is 0 Å². The van der Waals surface area contributed by atoms with Crippen LogP contribution in [0.25, 0.3) is 0 Å². The van der Waals surface area contributed by atoms with E-state index in [1.807, 2.05) is 30.3 Å². The molecule has 0 fully saturated rings. The van der Waals surface area contributed by atoms with Gasteiger partial charge in [0, 0.05) is 5.69 Å². The maximum Gasteiger partial charge on any atom is 0.193 e. The van der Waals surface area contributed by atoms with Crippen LogP contribution in [0, 0.1) is 0 Å². The van der Waals surface area contributed by atoms with Gasteiger partial charge >= 0.3 is 0 Å². The van der Waals surface area contributed by atoms with Crippen molar-refractivity contribution in [3.05, 3.63) is 65.2 Å². The number of hydrogen-bond donors (Lipinski definition) is 3. The summed E-state index contributed by atoms with van der Waals surface area (Å²) in [5.74, 6) is 0.786. The summed E-state index contributed by atoms with van der Waals surface area (Å²) in [4.78, 5) is 4.38. The number of aliphatic imine (C=N–C) groups is 1. The van der Waals surface area contributed by atoms with E-state index in [9.17, 15) is 5.11 Å². The number of nitrogens with two attached hydrogens (primary N) is 1. The van der Waals surface area contributed by atoms with Gasteiger partial charge in [0.25, 0.3) is 0 Å². The van der Waals surface area contributed by atoms with E-state index in [1.54, 1.807) is 0 Å². The van der Waals surface area contributed by atoms with E-state index in [2.05, 4.69) is 42.4 Å². The molecule has 1 aliphatic carbocycles. The Hall–Kier alpha value is -2.33. The van der Waals surface area contributed by atoms with Crippen LogP contribution in [0.5, 0.6) is 0 Å². The van der Waals surface area contributed by atoms with E-state index in [4.69, 9.17) is 5.73 Å². The van der Waals surface area contributed by atoms with Gasteiger partial charge in [-0.2, -0.15) is 0 Å². The maximum absolute atomic E-state index is 10.9. The van der Waals surface area contributed by atoms with Crippen LogP contribution >= 0.6 is 0 Å². The Kier molecular flexibility index (Phi) is 4.58. The highest BCUT2D eigenvalue weighted by molar-refractivity contribution is 5.92. The number of nitrogens with one attached hydrogen (secondary N) is 1. The first-order valence-electron chi connectivity index (χ1n) is 8.45. The summed E-state index contributed by atoms with van der Waals surface area (Å²) in [5, 5.41) is 14.0. The molecule has 0 spiro atoms. The van der Waals surface area contributed by atoms with Gasteiger partial charge in [-0.05, 0) is 47.6 Å². The molecule has 1 unspecified atom stereocenters. The van der Waals surface area contributed by atoms with Crippen LogP contribution in [0.1, 0.15) is 42.9 Å². The fourth-order valence-corrected chi connectivity index (χ4v) is 3.21. The maximum atomic E-state index is 10.9. The number of anilines is 1. The monoisotopic (exact) mass is 323 g/mol. The van der Waals surface area contributed by atoms with Gasteiger partial charge in [0.1, 0.15) is 5.60 Å². The number of rotatable bonds is 4. The van der Waals surface area contributed by atoms with Gasteiger partial charge in [0.05, 0.1) is 6.54 Å². The zero-order valence-corrected chi connectivity index (χ0v) is 14.3. The number of aryl methyl sites for hydroxylation is 1. The predicted molar refractivity (Wildman–Crippen MR) is 99.3 cm³/mol. The van der Waals surface area contributed by atoms with Gasteiger partial charge in [-0.1, -0.05) is 50.2 Å². The van der Waals surface area contributed by atoms with Gasteiger partial charge in [-0.3, -0.25) is 0 Å². The lowest BCUT2D eigenvalue weighted by molar-refractivity contribution is 0.0487. The average molecular weight is 323 g/mol. The van der Waals surface area contributed by atoms with Crippen molar-refractivity contribution in [1.29, 1.82) is 0 Å². The number of benzene rings is 2. The van der Waals surface area contributed by atoms with Crippen LogP contribution in [0.15, 0.2) is 53.5 Å². The van der Waals surface area contributed by atoms with E-state index in [0.717, 1.165) is 17.7 Å². The van der Waals surface area contributed by atoms with Crippen molar-refractivity contribution >= 4 is 11.6 Å². The quantitative estimate of drug-likeness (QED) is 0.597. The van der Waals surface area contributed by atoms with E-state index >= 15 is 0 Å². The second-order valence-electron chi connectivity index (χ2n) is 6.80. The second-order valence-corrected chi connectivity index (χ2v) is 6.80. The molecule has 0 heterocycles. The smallest absolute Gasteiger partial charge is 0.193 e. The lowest BCUT2D eigenvalue weighted by Crippen LogP contribution is -2.30. The molecule has 1 atom stereocenters. The molecule has 0 saturated carbocycles. The highest BCUT2D eigenvalue weighted by Crippen LogP contribution is 2.36. The summed E-state index contributed by atoms with van der Waals surface area (Å²) in [6.07, 6.45) is 1.57. The summed E-state index contributed by atoms with van der Waals surface area (Å²) < 4.78 is 0. The summed E-state index contributed by atoms with van der Waals surface area (Å²) in [5.41, 5.74) is 9.44. The van der Waals surface area contributed by atoms with Gasteiger partial charge in [-0.15, -0.1) is 0 Å². The van der Waals surface area contributed by atoms with Crippen molar-refractivity contribution in [2.24, 2.45) is 10.7 Å².